The average Bonchev–Trinajstić information content (AvgIpc) is 3.14. The van der Waals surface area contributed by atoms with Gasteiger partial charge in [0.1, 0.15) is 5.75 Å². The molecule has 0 saturated carbocycles. The summed E-state index contributed by atoms with van der Waals surface area (Å²) < 4.78 is 19.0. The first kappa shape index (κ1) is 25.6. The van der Waals surface area contributed by atoms with Gasteiger partial charge in [0.05, 0.1) is 42.9 Å². The monoisotopic (exact) mass is 465 g/mol. The zero-order chi connectivity index (χ0) is 24.3. The number of hydrogen-bond donors (Lipinski definition) is 1. The van der Waals surface area contributed by atoms with Crippen molar-refractivity contribution >= 4 is 0 Å². The first-order valence-electron chi connectivity index (χ1n) is 11.5. The van der Waals surface area contributed by atoms with Crippen LogP contribution >= 0.6 is 0 Å². The first-order chi connectivity index (χ1) is 16.5. The van der Waals surface area contributed by atoms with Crippen molar-refractivity contribution in [1.29, 1.82) is 0 Å². The molecule has 3 rings (SSSR count). The molecule has 0 unspecified atom stereocenters. The molecular formula is C27H35N3O4. The van der Waals surface area contributed by atoms with Gasteiger partial charge in [0.15, 0.2) is 0 Å². The van der Waals surface area contributed by atoms with Crippen molar-refractivity contribution in [3.05, 3.63) is 84.1 Å². The Morgan fingerprint density at radius 2 is 1.85 bits per heavy atom. The van der Waals surface area contributed by atoms with Crippen LogP contribution in [0.15, 0.2) is 67.3 Å². The third-order valence-corrected chi connectivity index (χ3v) is 5.38. The quantitative estimate of drug-likeness (QED) is 0.283. The minimum absolute atomic E-state index is 0.241. The van der Waals surface area contributed by atoms with E-state index in [1.807, 2.05) is 73.1 Å². The number of nitrogens with zero attached hydrogens (tertiary/aromatic N) is 3. The van der Waals surface area contributed by atoms with E-state index in [-0.39, 0.29) is 6.61 Å². The Hall–Kier alpha value is -2.97. The fourth-order valence-corrected chi connectivity index (χ4v) is 3.60. The topological polar surface area (TPSA) is 69.0 Å². The molecule has 0 amide bonds. The summed E-state index contributed by atoms with van der Waals surface area (Å²) in [7, 11) is 1.67. The smallest absolute Gasteiger partial charge is 0.227 e. The molecule has 0 spiro atoms. The van der Waals surface area contributed by atoms with E-state index in [1.165, 1.54) is 5.56 Å². The summed E-state index contributed by atoms with van der Waals surface area (Å²) in [5.74, 6) is 1.40. The maximum atomic E-state index is 10.5. The summed E-state index contributed by atoms with van der Waals surface area (Å²) >= 11 is 0. The molecule has 0 saturated heterocycles. The molecule has 1 N–H and O–H groups in total. The maximum Gasteiger partial charge on any atom is 0.227 e. The first-order valence-corrected chi connectivity index (χ1v) is 11.5. The van der Waals surface area contributed by atoms with E-state index >= 15 is 0 Å². The van der Waals surface area contributed by atoms with Gasteiger partial charge in [-0.1, -0.05) is 42.0 Å². The summed E-state index contributed by atoms with van der Waals surface area (Å²) in [5, 5.41) is 15.3. The van der Waals surface area contributed by atoms with Gasteiger partial charge in [0, 0.05) is 26.7 Å². The van der Waals surface area contributed by atoms with Crippen LogP contribution < -0.4 is 4.74 Å². The number of aliphatic hydroxyl groups excluding tert-OH is 1. The van der Waals surface area contributed by atoms with E-state index in [1.54, 1.807) is 13.2 Å². The Morgan fingerprint density at radius 1 is 1.12 bits per heavy atom. The van der Waals surface area contributed by atoms with Crippen LogP contribution in [-0.2, 0) is 16.0 Å². The lowest BCUT2D eigenvalue weighted by Gasteiger charge is -2.25. The van der Waals surface area contributed by atoms with E-state index < -0.39 is 6.10 Å². The fraction of sp³-hybridized carbons (Fsp3) is 0.370. The normalized spacial score (nSPS) is 12.1. The highest BCUT2D eigenvalue weighted by atomic mass is 16.5. The third kappa shape index (κ3) is 7.27. The van der Waals surface area contributed by atoms with Gasteiger partial charge in [0.2, 0.25) is 5.88 Å². The number of aliphatic hydroxyl groups is 1. The maximum absolute atomic E-state index is 10.5. The van der Waals surface area contributed by atoms with Gasteiger partial charge in [-0.2, -0.15) is 5.10 Å². The molecule has 0 fully saturated rings. The predicted molar refractivity (Wildman–Crippen MR) is 134 cm³/mol. The lowest BCUT2D eigenvalue weighted by atomic mass is 10.2. The standard InChI is InChI=1S/C27H35N3O4/c1-5-16-33-20-24(31)18-29(15-17-32-4)19-26-22(3)28-30(23-9-7-6-8-10-23)27(26)34-25-13-11-21(2)12-14-25/h5-14,24,31H,1,15-20H2,2-4H3/t24-/m0/s1. The number of methoxy groups -OCH3 is 1. The number of para-hydroxylation sites is 1. The summed E-state index contributed by atoms with van der Waals surface area (Å²) in [4.78, 5) is 2.13. The van der Waals surface area contributed by atoms with Gasteiger partial charge in [-0.25, -0.2) is 4.68 Å². The van der Waals surface area contributed by atoms with Crippen LogP contribution in [0.25, 0.3) is 5.69 Å². The van der Waals surface area contributed by atoms with Gasteiger partial charge >= 0.3 is 0 Å². The van der Waals surface area contributed by atoms with Crippen molar-refractivity contribution in [2.24, 2.45) is 0 Å². The van der Waals surface area contributed by atoms with Crippen LogP contribution in [0.4, 0.5) is 0 Å². The molecule has 182 valence electrons. The van der Waals surface area contributed by atoms with Crippen LogP contribution in [0.5, 0.6) is 11.6 Å². The second-order valence-electron chi connectivity index (χ2n) is 8.24. The average molecular weight is 466 g/mol. The summed E-state index contributed by atoms with van der Waals surface area (Å²) in [6.07, 6.45) is 1.04. The van der Waals surface area contributed by atoms with E-state index in [2.05, 4.69) is 11.5 Å². The van der Waals surface area contributed by atoms with Crippen molar-refractivity contribution in [2.75, 3.05) is 40.0 Å². The highest BCUT2D eigenvalue weighted by Gasteiger charge is 2.22. The van der Waals surface area contributed by atoms with Crippen molar-refractivity contribution in [3.8, 4) is 17.3 Å². The summed E-state index contributed by atoms with van der Waals surface area (Å²) in [6.45, 7) is 10.5. The van der Waals surface area contributed by atoms with E-state index in [0.29, 0.717) is 38.7 Å². The Labute approximate surface area is 202 Å². The number of hydrogen-bond acceptors (Lipinski definition) is 6. The van der Waals surface area contributed by atoms with Gasteiger partial charge < -0.3 is 19.3 Å². The van der Waals surface area contributed by atoms with Gasteiger partial charge in [-0.05, 0) is 38.1 Å². The third-order valence-electron chi connectivity index (χ3n) is 5.38. The number of rotatable bonds is 14. The van der Waals surface area contributed by atoms with Gasteiger partial charge in [0.25, 0.3) is 0 Å². The van der Waals surface area contributed by atoms with Crippen molar-refractivity contribution in [1.82, 2.24) is 14.7 Å². The molecule has 0 aliphatic heterocycles. The number of aryl methyl sites for hydroxylation is 2. The number of aromatic nitrogens is 2. The molecule has 34 heavy (non-hydrogen) atoms. The fourth-order valence-electron chi connectivity index (χ4n) is 3.60. The second-order valence-corrected chi connectivity index (χ2v) is 8.24. The summed E-state index contributed by atoms with van der Waals surface area (Å²) in [6, 6.07) is 17.9. The number of ether oxygens (including phenoxy) is 3. The van der Waals surface area contributed by atoms with Crippen LogP contribution in [0.1, 0.15) is 16.8 Å². The van der Waals surface area contributed by atoms with Crippen molar-refractivity contribution in [3.63, 3.8) is 0 Å². The molecule has 0 bridgehead atoms. The minimum Gasteiger partial charge on any atom is -0.439 e. The minimum atomic E-state index is -0.636. The van der Waals surface area contributed by atoms with Crippen LogP contribution in [0.3, 0.4) is 0 Å². The molecule has 0 radical (unpaired) electrons. The molecule has 1 aromatic heterocycles. The Bertz CT molecular complexity index is 1020. The molecule has 7 nitrogen and oxygen atoms in total. The lowest BCUT2D eigenvalue weighted by molar-refractivity contribution is 0.0192. The molecule has 1 heterocycles. The van der Waals surface area contributed by atoms with E-state index in [9.17, 15) is 5.11 Å². The zero-order valence-electron chi connectivity index (χ0n) is 20.3. The Morgan fingerprint density at radius 3 is 2.53 bits per heavy atom. The van der Waals surface area contributed by atoms with Gasteiger partial charge in [-0.3, -0.25) is 4.90 Å². The SMILES string of the molecule is C=CCOC[C@@H](O)CN(CCOC)Cc1c(C)nn(-c2ccccc2)c1Oc1ccc(C)cc1. The van der Waals surface area contributed by atoms with Crippen LogP contribution in [-0.4, -0.2) is 65.9 Å². The van der Waals surface area contributed by atoms with Crippen molar-refractivity contribution < 1.29 is 19.3 Å². The largest absolute Gasteiger partial charge is 0.439 e. The van der Waals surface area contributed by atoms with Crippen LogP contribution in [0, 0.1) is 13.8 Å². The number of benzene rings is 2. The molecule has 0 aliphatic rings. The Kier molecular flexibility index (Phi) is 9.85. The zero-order valence-corrected chi connectivity index (χ0v) is 20.3. The summed E-state index contributed by atoms with van der Waals surface area (Å²) in [5.41, 5.74) is 3.91. The van der Waals surface area contributed by atoms with Crippen molar-refractivity contribution in [2.45, 2.75) is 26.5 Å². The molecular weight excluding hydrogens is 430 g/mol. The lowest BCUT2D eigenvalue weighted by Crippen LogP contribution is -2.36. The van der Waals surface area contributed by atoms with Gasteiger partial charge in [-0.15, -0.1) is 6.58 Å². The molecule has 0 aliphatic carbocycles. The highest BCUT2D eigenvalue weighted by molar-refractivity contribution is 5.43. The molecule has 7 heteroatoms. The molecule has 2 aromatic carbocycles. The van der Waals surface area contributed by atoms with E-state index in [4.69, 9.17) is 19.3 Å². The Balaban J connectivity index is 1.91. The van der Waals surface area contributed by atoms with Crippen LogP contribution in [0.2, 0.25) is 0 Å². The highest BCUT2D eigenvalue weighted by Crippen LogP contribution is 2.31. The second kappa shape index (κ2) is 13.1. The molecule has 3 aromatic rings. The predicted octanol–water partition coefficient (Wildman–Crippen LogP) is 4.29. The van der Waals surface area contributed by atoms with E-state index in [0.717, 1.165) is 22.7 Å². The molecule has 1 atom stereocenters.